The largest absolute Gasteiger partial charge is 0.312 e. The average molecular weight is 369 g/mol. The molecule has 0 aliphatic rings. The molecule has 4 heteroatoms. The van der Waals surface area contributed by atoms with Gasteiger partial charge in [0.15, 0.2) is 0 Å². The highest BCUT2D eigenvalue weighted by molar-refractivity contribution is 14.1. The number of aryl methyl sites for hydroxylation is 1. The van der Waals surface area contributed by atoms with Gasteiger partial charge in [0, 0.05) is 12.7 Å². The molecule has 2 aromatic rings. The van der Waals surface area contributed by atoms with Crippen LogP contribution in [0.4, 0.5) is 0 Å². The van der Waals surface area contributed by atoms with Gasteiger partial charge in [-0.15, -0.1) is 0 Å². The second-order valence-corrected chi connectivity index (χ2v) is 6.48. The molecule has 1 heterocycles. The fourth-order valence-corrected chi connectivity index (χ4v) is 2.35. The molecule has 0 saturated heterocycles. The standard InChI is InChI=1S/C15H20IN3/c1-11(2)7-17-8-13-4-5-15(6-12(13)3)19-10-14(16)9-18-19/h4-6,9-11,17H,7-8H2,1-3H3. The molecule has 0 spiro atoms. The highest BCUT2D eigenvalue weighted by Gasteiger charge is 2.03. The number of hydrogen-bond acceptors (Lipinski definition) is 2. The summed E-state index contributed by atoms with van der Waals surface area (Å²) in [5.74, 6) is 0.686. The lowest BCUT2D eigenvalue weighted by Crippen LogP contribution is -2.19. The molecule has 1 N–H and O–H groups in total. The quantitative estimate of drug-likeness (QED) is 0.818. The number of aromatic nitrogens is 2. The summed E-state index contributed by atoms with van der Waals surface area (Å²) in [5, 5.41) is 7.82. The van der Waals surface area contributed by atoms with Crippen molar-refractivity contribution in [2.45, 2.75) is 27.3 Å². The van der Waals surface area contributed by atoms with Crippen molar-refractivity contribution in [1.29, 1.82) is 0 Å². The Bertz CT molecular complexity index is 546. The summed E-state index contributed by atoms with van der Waals surface area (Å²) in [6.07, 6.45) is 3.90. The van der Waals surface area contributed by atoms with Crippen molar-refractivity contribution in [3.8, 4) is 5.69 Å². The molecule has 102 valence electrons. The van der Waals surface area contributed by atoms with Crippen molar-refractivity contribution in [1.82, 2.24) is 15.1 Å². The molecule has 0 fully saturated rings. The maximum Gasteiger partial charge on any atom is 0.0648 e. The van der Waals surface area contributed by atoms with Crippen LogP contribution in [0.1, 0.15) is 25.0 Å². The van der Waals surface area contributed by atoms with E-state index in [1.807, 2.05) is 17.1 Å². The lowest BCUT2D eigenvalue weighted by Gasteiger charge is -2.11. The van der Waals surface area contributed by atoms with E-state index in [1.54, 1.807) is 0 Å². The molecule has 1 aromatic heterocycles. The van der Waals surface area contributed by atoms with Gasteiger partial charge in [-0.1, -0.05) is 19.9 Å². The van der Waals surface area contributed by atoms with Gasteiger partial charge in [-0.05, 0) is 65.2 Å². The van der Waals surface area contributed by atoms with Crippen LogP contribution in [0.3, 0.4) is 0 Å². The van der Waals surface area contributed by atoms with E-state index in [1.165, 1.54) is 11.1 Å². The molecule has 0 radical (unpaired) electrons. The minimum atomic E-state index is 0.686. The van der Waals surface area contributed by atoms with Crippen LogP contribution in [0.25, 0.3) is 5.69 Å². The van der Waals surface area contributed by atoms with Gasteiger partial charge in [0.1, 0.15) is 0 Å². The lowest BCUT2D eigenvalue weighted by molar-refractivity contribution is 0.551. The van der Waals surface area contributed by atoms with Crippen LogP contribution in [-0.2, 0) is 6.54 Å². The predicted molar refractivity (Wildman–Crippen MR) is 87.6 cm³/mol. The van der Waals surface area contributed by atoms with E-state index >= 15 is 0 Å². The molecule has 0 atom stereocenters. The topological polar surface area (TPSA) is 29.9 Å². The molecular weight excluding hydrogens is 349 g/mol. The summed E-state index contributed by atoms with van der Waals surface area (Å²) in [6.45, 7) is 8.59. The molecular formula is C15H20IN3. The molecule has 2 rings (SSSR count). The molecule has 0 saturated carbocycles. The molecule has 0 aliphatic carbocycles. The van der Waals surface area contributed by atoms with Gasteiger partial charge >= 0.3 is 0 Å². The van der Waals surface area contributed by atoms with E-state index in [-0.39, 0.29) is 0 Å². The first-order chi connectivity index (χ1) is 9.06. The first-order valence-electron chi connectivity index (χ1n) is 6.57. The number of nitrogens with one attached hydrogen (secondary N) is 1. The smallest absolute Gasteiger partial charge is 0.0648 e. The highest BCUT2D eigenvalue weighted by Crippen LogP contribution is 2.15. The number of nitrogens with zero attached hydrogens (tertiary/aromatic N) is 2. The molecule has 0 bridgehead atoms. The van der Waals surface area contributed by atoms with Gasteiger partial charge in [-0.3, -0.25) is 0 Å². The summed E-state index contributed by atoms with van der Waals surface area (Å²) >= 11 is 2.27. The number of rotatable bonds is 5. The highest BCUT2D eigenvalue weighted by atomic mass is 127. The van der Waals surface area contributed by atoms with E-state index in [2.05, 4.69) is 72.0 Å². The minimum absolute atomic E-state index is 0.686. The van der Waals surface area contributed by atoms with E-state index in [0.29, 0.717) is 5.92 Å². The van der Waals surface area contributed by atoms with Gasteiger partial charge in [0.25, 0.3) is 0 Å². The third-order valence-electron chi connectivity index (χ3n) is 3.01. The van der Waals surface area contributed by atoms with Gasteiger partial charge in [-0.2, -0.15) is 5.10 Å². The van der Waals surface area contributed by atoms with Crippen molar-refractivity contribution in [3.05, 3.63) is 45.3 Å². The zero-order chi connectivity index (χ0) is 13.8. The molecule has 0 unspecified atom stereocenters. The monoisotopic (exact) mass is 369 g/mol. The van der Waals surface area contributed by atoms with Crippen molar-refractivity contribution >= 4 is 22.6 Å². The Kier molecular flexibility index (Phi) is 4.99. The number of benzene rings is 1. The van der Waals surface area contributed by atoms with Crippen molar-refractivity contribution < 1.29 is 0 Å². The Hall–Kier alpha value is -0.880. The lowest BCUT2D eigenvalue weighted by atomic mass is 10.1. The van der Waals surface area contributed by atoms with Crippen LogP contribution < -0.4 is 5.32 Å². The SMILES string of the molecule is Cc1cc(-n2cc(I)cn2)ccc1CNCC(C)C. The van der Waals surface area contributed by atoms with Gasteiger partial charge in [0.2, 0.25) is 0 Å². The number of hydrogen-bond donors (Lipinski definition) is 1. The molecule has 19 heavy (non-hydrogen) atoms. The summed E-state index contributed by atoms with van der Waals surface area (Å²) in [6, 6.07) is 6.50. The maximum absolute atomic E-state index is 4.34. The molecule has 0 aliphatic heterocycles. The zero-order valence-corrected chi connectivity index (χ0v) is 13.8. The summed E-state index contributed by atoms with van der Waals surface area (Å²) in [4.78, 5) is 0. The van der Waals surface area contributed by atoms with E-state index in [4.69, 9.17) is 0 Å². The van der Waals surface area contributed by atoms with Crippen LogP contribution >= 0.6 is 22.6 Å². The Balaban J connectivity index is 2.09. The Morgan fingerprint density at radius 1 is 1.37 bits per heavy atom. The third-order valence-corrected chi connectivity index (χ3v) is 3.57. The average Bonchev–Trinajstić information content (AvgIpc) is 2.77. The first-order valence-corrected chi connectivity index (χ1v) is 7.65. The summed E-state index contributed by atoms with van der Waals surface area (Å²) in [5.41, 5.74) is 3.78. The van der Waals surface area contributed by atoms with Crippen molar-refractivity contribution in [2.24, 2.45) is 5.92 Å². The Morgan fingerprint density at radius 2 is 2.16 bits per heavy atom. The number of halogens is 1. The van der Waals surface area contributed by atoms with Crippen LogP contribution in [-0.4, -0.2) is 16.3 Å². The Morgan fingerprint density at radius 3 is 2.74 bits per heavy atom. The van der Waals surface area contributed by atoms with Crippen LogP contribution in [0.5, 0.6) is 0 Å². The minimum Gasteiger partial charge on any atom is -0.312 e. The van der Waals surface area contributed by atoms with Crippen LogP contribution in [0.2, 0.25) is 0 Å². The first kappa shape index (κ1) is 14.5. The van der Waals surface area contributed by atoms with Crippen LogP contribution in [0.15, 0.2) is 30.6 Å². The molecule has 0 amide bonds. The third kappa shape index (κ3) is 4.04. The Labute approximate surface area is 128 Å². The van der Waals surface area contributed by atoms with Gasteiger partial charge < -0.3 is 5.32 Å². The summed E-state index contributed by atoms with van der Waals surface area (Å²) < 4.78 is 3.07. The van der Waals surface area contributed by atoms with Crippen molar-refractivity contribution in [3.63, 3.8) is 0 Å². The van der Waals surface area contributed by atoms with Gasteiger partial charge in [-0.25, -0.2) is 4.68 Å². The second kappa shape index (κ2) is 6.52. The maximum atomic E-state index is 4.34. The predicted octanol–water partition coefficient (Wildman–Crippen LogP) is 3.53. The zero-order valence-electron chi connectivity index (χ0n) is 11.7. The van der Waals surface area contributed by atoms with Gasteiger partial charge in [0.05, 0.1) is 15.5 Å². The van der Waals surface area contributed by atoms with E-state index in [9.17, 15) is 0 Å². The summed E-state index contributed by atoms with van der Waals surface area (Å²) in [7, 11) is 0. The normalized spacial score (nSPS) is 11.2. The molecule has 3 nitrogen and oxygen atoms in total. The van der Waals surface area contributed by atoms with Crippen molar-refractivity contribution in [2.75, 3.05) is 6.54 Å². The fourth-order valence-electron chi connectivity index (χ4n) is 1.96. The fraction of sp³-hybridized carbons (Fsp3) is 0.400. The molecule has 1 aromatic carbocycles. The van der Waals surface area contributed by atoms with Crippen LogP contribution in [0, 0.1) is 16.4 Å². The second-order valence-electron chi connectivity index (χ2n) is 5.24. The van der Waals surface area contributed by atoms with E-state index in [0.717, 1.165) is 22.3 Å². The van der Waals surface area contributed by atoms with E-state index < -0.39 is 0 Å².